The van der Waals surface area contributed by atoms with E-state index in [2.05, 4.69) is 15.5 Å². The molecule has 0 unspecified atom stereocenters. The van der Waals surface area contributed by atoms with Crippen molar-refractivity contribution in [2.75, 3.05) is 11.4 Å². The molecule has 7 heteroatoms. The van der Waals surface area contributed by atoms with Crippen molar-refractivity contribution in [3.05, 3.63) is 46.7 Å². The first-order valence-electron chi connectivity index (χ1n) is 7.91. The molecule has 1 aromatic carbocycles. The maximum absolute atomic E-state index is 12.7. The highest BCUT2D eigenvalue weighted by Crippen LogP contribution is 2.28. The number of piperidine rings is 1. The minimum atomic E-state index is -0.525. The Bertz CT molecular complexity index is 759. The predicted molar refractivity (Wildman–Crippen MR) is 92.0 cm³/mol. The van der Waals surface area contributed by atoms with E-state index in [4.69, 9.17) is 11.6 Å². The molecule has 3 rings (SSSR count). The summed E-state index contributed by atoms with van der Waals surface area (Å²) in [6.07, 6.45) is 1.59. The summed E-state index contributed by atoms with van der Waals surface area (Å²) in [6, 6.07) is 8.53. The predicted octanol–water partition coefficient (Wildman–Crippen LogP) is 2.23. The summed E-state index contributed by atoms with van der Waals surface area (Å²) in [5, 5.41) is 10.2. The van der Waals surface area contributed by atoms with Crippen molar-refractivity contribution in [3.8, 4) is 0 Å². The Morgan fingerprint density at radius 2 is 2.25 bits per heavy atom. The van der Waals surface area contributed by atoms with Crippen LogP contribution in [0.3, 0.4) is 0 Å². The second-order valence-corrected chi connectivity index (χ2v) is 6.33. The molecule has 1 saturated heterocycles. The van der Waals surface area contributed by atoms with E-state index in [9.17, 15) is 9.59 Å². The number of nitrogens with zero attached hydrogens (tertiary/aromatic N) is 2. The van der Waals surface area contributed by atoms with Crippen LogP contribution >= 0.6 is 11.6 Å². The molecular formula is C17H19ClN4O2. The van der Waals surface area contributed by atoms with Gasteiger partial charge < -0.3 is 10.2 Å². The summed E-state index contributed by atoms with van der Waals surface area (Å²) in [5.41, 5.74) is 2.25. The lowest BCUT2D eigenvalue weighted by atomic mass is 10.0. The van der Waals surface area contributed by atoms with Gasteiger partial charge in [0.2, 0.25) is 11.8 Å². The molecule has 1 aliphatic heterocycles. The Hall–Kier alpha value is -2.34. The van der Waals surface area contributed by atoms with Crippen molar-refractivity contribution in [3.63, 3.8) is 0 Å². The van der Waals surface area contributed by atoms with Crippen LogP contribution < -0.4 is 10.2 Å². The first kappa shape index (κ1) is 16.5. The second-order valence-electron chi connectivity index (χ2n) is 5.92. The van der Waals surface area contributed by atoms with Crippen molar-refractivity contribution in [1.82, 2.24) is 15.5 Å². The van der Waals surface area contributed by atoms with E-state index in [0.717, 1.165) is 12.1 Å². The smallest absolute Gasteiger partial charge is 0.249 e. The highest BCUT2D eigenvalue weighted by atomic mass is 35.5. The van der Waals surface area contributed by atoms with E-state index >= 15 is 0 Å². The topological polar surface area (TPSA) is 78.1 Å². The van der Waals surface area contributed by atoms with E-state index < -0.39 is 6.04 Å². The number of carbonyl (C=O) groups is 2. The van der Waals surface area contributed by atoms with Gasteiger partial charge in [0, 0.05) is 12.2 Å². The molecule has 6 nitrogen and oxygen atoms in total. The Labute approximate surface area is 145 Å². The van der Waals surface area contributed by atoms with Crippen molar-refractivity contribution >= 4 is 29.1 Å². The third-order valence-corrected chi connectivity index (χ3v) is 4.34. The number of aromatic amines is 1. The first-order valence-corrected chi connectivity index (χ1v) is 8.28. The summed E-state index contributed by atoms with van der Waals surface area (Å²) in [4.78, 5) is 26.5. The molecule has 0 aliphatic carbocycles. The normalized spacial score (nSPS) is 17.8. The Morgan fingerprint density at radius 3 is 2.96 bits per heavy atom. The molecule has 1 fully saturated rings. The molecule has 2 N–H and O–H groups in total. The molecule has 1 atom stereocenters. The second kappa shape index (κ2) is 7.05. The van der Waals surface area contributed by atoms with E-state index in [1.165, 1.54) is 0 Å². The number of H-pyrrole nitrogens is 1. The zero-order chi connectivity index (χ0) is 17.1. The van der Waals surface area contributed by atoms with Crippen LogP contribution in [0, 0.1) is 6.92 Å². The summed E-state index contributed by atoms with van der Waals surface area (Å²) < 4.78 is 0. The molecule has 0 radical (unpaired) electrons. The average Bonchev–Trinajstić information content (AvgIpc) is 2.95. The summed E-state index contributed by atoms with van der Waals surface area (Å²) in [7, 11) is 0. The number of aromatic nitrogens is 2. The van der Waals surface area contributed by atoms with E-state index in [1.54, 1.807) is 11.0 Å². The van der Waals surface area contributed by atoms with Gasteiger partial charge in [-0.1, -0.05) is 23.7 Å². The number of para-hydroxylation sites is 1. The highest BCUT2D eigenvalue weighted by molar-refractivity contribution is 6.33. The van der Waals surface area contributed by atoms with Crippen LogP contribution in [-0.4, -0.2) is 34.6 Å². The van der Waals surface area contributed by atoms with Crippen LogP contribution in [0.15, 0.2) is 30.3 Å². The van der Waals surface area contributed by atoms with Crippen molar-refractivity contribution in [2.45, 2.75) is 32.2 Å². The van der Waals surface area contributed by atoms with Gasteiger partial charge in [-0.3, -0.25) is 14.7 Å². The minimum absolute atomic E-state index is 0.124. The minimum Gasteiger partial charge on any atom is -0.344 e. The molecule has 2 amide bonds. The molecule has 1 aliphatic rings. The number of aryl methyl sites for hydroxylation is 1. The molecule has 0 bridgehead atoms. The quantitative estimate of drug-likeness (QED) is 0.891. The van der Waals surface area contributed by atoms with Crippen molar-refractivity contribution in [2.24, 2.45) is 0 Å². The zero-order valence-electron chi connectivity index (χ0n) is 13.4. The lowest BCUT2D eigenvalue weighted by molar-refractivity contribution is -0.128. The molecule has 1 aromatic heterocycles. The standard InChI is InChI=1S/C17H19ClN4O2/c1-11-9-12(21-20-11)10-16(23)19-14-6-4-8-22(17(14)24)15-7-3-2-5-13(15)18/h2-3,5,7,9,14H,4,6,8,10H2,1H3,(H,19,23)(H,20,21)/t14-/m1/s1. The lowest BCUT2D eigenvalue weighted by Gasteiger charge is -2.33. The zero-order valence-corrected chi connectivity index (χ0v) is 14.1. The monoisotopic (exact) mass is 346 g/mol. The van der Waals surface area contributed by atoms with Gasteiger partial charge in [-0.2, -0.15) is 5.10 Å². The van der Waals surface area contributed by atoms with Gasteiger partial charge >= 0.3 is 0 Å². The first-order chi connectivity index (χ1) is 11.5. The van der Waals surface area contributed by atoms with Crippen molar-refractivity contribution < 1.29 is 9.59 Å². The Balaban J connectivity index is 1.67. The molecule has 0 saturated carbocycles. The number of hydrogen-bond acceptors (Lipinski definition) is 3. The number of benzene rings is 1. The number of halogens is 1. The van der Waals surface area contributed by atoms with Gasteiger partial charge in [-0.25, -0.2) is 0 Å². The van der Waals surface area contributed by atoms with Crippen LogP contribution in [0.4, 0.5) is 5.69 Å². The molecule has 126 valence electrons. The fourth-order valence-electron chi connectivity index (χ4n) is 2.89. The van der Waals surface area contributed by atoms with Crippen LogP contribution in [0.5, 0.6) is 0 Å². The number of nitrogens with one attached hydrogen (secondary N) is 2. The third kappa shape index (κ3) is 3.59. The molecular weight excluding hydrogens is 328 g/mol. The summed E-state index contributed by atoms with van der Waals surface area (Å²) >= 11 is 6.19. The summed E-state index contributed by atoms with van der Waals surface area (Å²) in [5.74, 6) is -0.332. The van der Waals surface area contributed by atoms with Gasteiger partial charge in [0.25, 0.3) is 0 Å². The third-order valence-electron chi connectivity index (χ3n) is 4.02. The van der Waals surface area contributed by atoms with E-state index in [0.29, 0.717) is 29.4 Å². The van der Waals surface area contributed by atoms with Crippen LogP contribution in [0.25, 0.3) is 0 Å². The van der Waals surface area contributed by atoms with Gasteiger partial charge in [0.1, 0.15) is 6.04 Å². The van der Waals surface area contributed by atoms with Crippen LogP contribution in [0.1, 0.15) is 24.2 Å². The average molecular weight is 347 g/mol. The van der Waals surface area contributed by atoms with Gasteiger partial charge in [-0.15, -0.1) is 0 Å². The molecule has 24 heavy (non-hydrogen) atoms. The molecule has 2 aromatic rings. The Morgan fingerprint density at radius 1 is 1.46 bits per heavy atom. The highest BCUT2D eigenvalue weighted by Gasteiger charge is 2.31. The van der Waals surface area contributed by atoms with Crippen molar-refractivity contribution in [1.29, 1.82) is 0 Å². The summed E-state index contributed by atoms with van der Waals surface area (Å²) in [6.45, 7) is 2.48. The van der Waals surface area contributed by atoms with Gasteiger partial charge in [-0.05, 0) is 38.0 Å². The maximum atomic E-state index is 12.7. The largest absolute Gasteiger partial charge is 0.344 e. The van der Waals surface area contributed by atoms with E-state index in [1.807, 2.05) is 31.2 Å². The number of rotatable bonds is 4. The SMILES string of the molecule is Cc1cc(CC(=O)N[C@@H]2CCCN(c3ccccc3Cl)C2=O)n[nH]1. The fourth-order valence-corrected chi connectivity index (χ4v) is 3.13. The number of carbonyl (C=O) groups excluding carboxylic acids is 2. The van der Waals surface area contributed by atoms with Crippen LogP contribution in [0.2, 0.25) is 5.02 Å². The molecule has 0 spiro atoms. The lowest BCUT2D eigenvalue weighted by Crippen LogP contribution is -2.52. The van der Waals surface area contributed by atoms with Gasteiger partial charge in [0.05, 0.1) is 22.8 Å². The maximum Gasteiger partial charge on any atom is 0.249 e. The van der Waals surface area contributed by atoms with Gasteiger partial charge in [0.15, 0.2) is 0 Å². The van der Waals surface area contributed by atoms with Crippen LogP contribution in [-0.2, 0) is 16.0 Å². The number of hydrogen-bond donors (Lipinski definition) is 2. The Kier molecular flexibility index (Phi) is 4.85. The number of amides is 2. The van der Waals surface area contributed by atoms with E-state index in [-0.39, 0.29) is 18.2 Å². The molecule has 2 heterocycles. The fraction of sp³-hybridized carbons (Fsp3) is 0.353. The number of anilines is 1.